The van der Waals surface area contributed by atoms with Crippen LogP contribution in [0.5, 0.6) is 5.75 Å². The van der Waals surface area contributed by atoms with Crippen molar-refractivity contribution in [3.05, 3.63) is 60.7 Å². The van der Waals surface area contributed by atoms with Gasteiger partial charge in [0.1, 0.15) is 5.75 Å². The normalized spacial score (nSPS) is 11.9. The molecule has 0 radical (unpaired) electrons. The van der Waals surface area contributed by atoms with Gasteiger partial charge in [0.05, 0.1) is 0 Å². The molecule has 2 aromatic carbocycles. The maximum absolute atomic E-state index is 5.95. The smallest absolute Gasteiger partial charge is 0.169 e. The molecule has 1 unspecified atom stereocenters. The van der Waals surface area contributed by atoms with Gasteiger partial charge < -0.3 is 9.64 Å². The van der Waals surface area contributed by atoms with E-state index < -0.39 is 0 Å². The monoisotopic (exact) mass is 241 g/mol. The zero-order valence-electron chi connectivity index (χ0n) is 10.9. The molecule has 0 aliphatic carbocycles. The Balaban J connectivity index is 2.09. The lowest BCUT2D eigenvalue weighted by atomic mass is 10.3. The second-order valence-corrected chi connectivity index (χ2v) is 4.15. The van der Waals surface area contributed by atoms with Crippen molar-refractivity contribution in [2.45, 2.75) is 20.1 Å². The van der Waals surface area contributed by atoms with Crippen LogP contribution in [-0.4, -0.2) is 12.8 Å². The van der Waals surface area contributed by atoms with Crippen molar-refractivity contribution >= 4 is 5.69 Å². The minimum absolute atomic E-state index is 0.0137. The second-order valence-electron chi connectivity index (χ2n) is 4.15. The molecule has 2 nitrogen and oxygen atoms in total. The quantitative estimate of drug-likeness (QED) is 0.735. The van der Waals surface area contributed by atoms with Gasteiger partial charge in [0, 0.05) is 12.2 Å². The van der Waals surface area contributed by atoms with Gasteiger partial charge in [0.25, 0.3) is 0 Å². The highest BCUT2D eigenvalue weighted by molar-refractivity contribution is 5.46. The fraction of sp³-hybridized carbons (Fsp3) is 0.250. The molecule has 2 rings (SSSR count). The topological polar surface area (TPSA) is 12.5 Å². The summed E-state index contributed by atoms with van der Waals surface area (Å²) in [6.45, 7) is 5.12. The summed E-state index contributed by atoms with van der Waals surface area (Å²) in [6, 6.07) is 20.3. The summed E-state index contributed by atoms with van der Waals surface area (Å²) in [5, 5.41) is 0. The summed E-state index contributed by atoms with van der Waals surface area (Å²) >= 11 is 0. The maximum Gasteiger partial charge on any atom is 0.169 e. The van der Waals surface area contributed by atoms with Crippen LogP contribution < -0.4 is 9.64 Å². The van der Waals surface area contributed by atoms with Gasteiger partial charge in [-0.15, -0.1) is 0 Å². The molecule has 0 amide bonds. The van der Waals surface area contributed by atoms with E-state index in [9.17, 15) is 0 Å². The number of anilines is 1. The van der Waals surface area contributed by atoms with E-state index in [2.05, 4.69) is 30.9 Å². The second kappa shape index (κ2) is 6.10. The number of benzene rings is 2. The van der Waals surface area contributed by atoms with E-state index in [1.807, 2.05) is 48.5 Å². The lowest BCUT2D eigenvalue weighted by Gasteiger charge is -2.30. The Kier molecular flexibility index (Phi) is 4.24. The van der Waals surface area contributed by atoms with Crippen molar-refractivity contribution in [3.8, 4) is 5.75 Å². The Bertz CT molecular complexity index is 455. The van der Waals surface area contributed by atoms with Crippen LogP contribution in [0.25, 0.3) is 0 Å². The number of hydrogen-bond acceptors (Lipinski definition) is 2. The third-order valence-corrected chi connectivity index (χ3v) is 2.92. The van der Waals surface area contributed by atoms with E-state index in [-0.39, 0.29) is 6.23 Å². The molecule has 0 saturated heterocycles. The van der Waals surface area contributed by atoms with Gasteiger partial charge in [-0.25, -0.2) is 0 Å². The number of para-hydroxylation sites is 2. The zero-order valence-corrected chi connectivity index (χ0v) is 10.9. The maximum atomic E-state index is 5.95. The first-order valence-corrected chi connectivity index (χ1v) is 6.34. The summed E-state index contributed by atoms with van der Waals surface area (Å²) < 4.78 is 5.95. The SMILES string of the molecule is CCN(c1ccccc1)C(C)Oc1ccccc1. The first-order chi connectivity index (χ1) is 8.81. The fourth-order valence-electron chi connectivity index (χ4n) is 2.03. The van der Waals surface area contributed by atoms with Crippen molar-refractivity contribution in [3.63, 3.8) is 0 Å². The van der Waals surface area contributed by atoms with E-state index in [0.717, 1.165) is 12.3 Å². The third-order valence-electron chi connectivity index (χ3n) is 2.92. The standard InChI is InChI=1S/C16H19NO/c1-3-17(15-10-6-4-7-11-15)14(2)18-16-12-8-5-9-13-16/h4-14H,3H2,1-2H3. The Labute approximate surface area is 109 Å². The predicted molar refractivity (Wildman–Crippen MR) is 76.0 cm³/mol. The van der Waals surface area contributed by atoms with Crippen LogP contribution >= 0.6 is 0 Å². The molecule has 0 spiro atoms. The zero-order chi connectivity index (χ0) is 12.8. The molecule has 1 atom stereocenters. The Morgan fingerprint density at radius 3 is 2.06 bits per heavy atom. The number of rotatable bonds is 5. The van der Waals surface area contributed by atoms with Crippen LogP contribution in [0.2, 0.25) is 0 Å². The van der Waals surface area contributed by atoms with Gasteiger partial charge in [-0.1, -0.05) is 36.4 Å². The molecule has 18 heavy (non-hydrogen) atoms. The van der Waals surface area contributed by atoms with Gasteiger partial charge >= 0.3 is 0 Å². The summed E-state index contributed by atoms with van der Waals surface area (Å²) in [5.41, 5.74) is 1.18. The molecular formula is C16H19NO. The highest BCUT2D eigenvalue weighted by atomic mass is 16.5. The van der Waals surface area contributed by atoms with Crippen molar-refractivity contribution in [2.75, 3.05) is 11.4 Å². The van der Waals surface area contributed by atoms with Gasteiger partial charge in [0.15, 0.2) is 6.23 Å². The van der Waals surface area contributed by atoms with Crippen LogP contribution in [-0.2, 0) is 0 Å². The minimum atomic E-state index is 0.0137. The molecule has 0 aromatic heterocycles. The summed E-state index contributed by atoms with van der Waals surface area (Å²) in [4.78, 5) is 2.23. The van der Waals surface area contributed by atoms with E-state index >= 15 is 0 Å². The first-order valence-electron chi connectivity index (χ1n) is 6.34. The molecular weight excluding hydrogens is 222 g/mol. The summed E-state index contributed by atoms with van der Waals surface area (Å²) in [7, 11) is 0. The van der Waals surface area contributed by atoms with Gasteiger partial charge in [-0.2, -0.15) is 0 Å². The van der Waals surface area contributed by atoms with Crippen LogP contribution in [0.1, 0.15) is 13.8 Å². The number of ether oxygens (including phenoxy) is 1. The van der Waals surface area contributed by atoms with Crippen molar-refractivity contribution in [2.24, 2.45) is 0 Å². The average molecular weight is 241 g/mol. The van der Waals surface area contributed by atoms with Crippen LogP contribution in [0.4, 0.5) is 5.69 Å². The van der Waals surface area contributed by atoms with E-state index in [1.165, 1.54) is 5.69 Å². The lowest BCUT2D eigenvalue weighted by Crippen LogP contribution is -2.37. The Morgan fingerprint density at radius 1 is 0.944 bits per heavy atom. The molecule has 2 aromatic rings. The Morgan fingerprint density at radius 2 is 1.50 bits per heavy atom. The Hall–Kier alpha value is -1.96. The molecule has 0 aliphatic heterocycles. The van der Waals surface area contributed by atoms with E-state index in [1.54, 1.807) is 0 Å². The van der Waals surface area contributed by atoms with Crippen LogP contribution in [0.15, 0.2) is 60.7 Å². The molecule has 0 fully saturated rings. The summed E-state index contributed by atoms with van der Waals surface area (Å²) in [5.74, 6) is 0.902. The third kappa shape index (κ3) is 3.04. The molecule has 0 saturated carbocycles. The van der Waals surface area contributed by atoms with Gasteiger partial charge in [-0.05, 0) is 38.1 Å². The molecule has 94 valence electrons. The number of hydrogen-bond donors (Lipinski definition) is 0. The first kappa shape index (κ1) is 12.5. The minimum Gasteiger partial charge on any atom is -0.471 e. The molecule has 2 heteroatoms. The highest BCUT2D eigenvalue weighted by Crippen LogP contribution is 2.19. The predicted octanol–water partition coefficient (Wildman–Crippen LogP) is 3.94. The van der Waals surface area contributed by atoms with Gasteiger partial charge in [0.2, 0.25) is 0 Å². The van der Waals surface area contributed by atoms with Crippen LogP contribution in [0, 0.1) is 0 Å². The summed E-state index contributed by atoms with van der Waals surface area (Å²) in [6.07, 6.45) is 0.0137. The van der Waals surface area contributed by atoms with E-state index in [4.69, 9.17) is 4.74 Å². The molecule has 0 aliphatic rings. The van der Waals surface area contributed by atoms with Crippen LogP contribution in [0.3, 0.4) is 0 Å². The molecule has 0 N–H and O–H groups in total. The largest absolute Gasteiger partial charge is 0.471 e. The van der Waals surface area contributed by atoms with Crippen molar-refractivity contribution in [1.29, 1.82) is 0 Å². The van der Waals surface area contributed by atoms with E-state index in [0.29, 0.717) is 0 Å². The highest BCUT2D eigenvalue weighted by Gasteiger charge is 2.13. The van der Waals surface area contributed by atoms with Gasteiger partial charge in [-0.3, -0.25) is 0 Å². The molecule has 0 heterocycles. The number of nitrogens with zero attached hydrogens (tertiary/aromatic N) is 1. The van der Waals surface area contributed by atoms with Crippen molar-refractivity contribution < 1.29 is 4.74 Å². The lowest BCUT2D eigenvalue weighted by molar-refractivity contribution is 0.216. The fourth-order valence-corrected chi connectivity index (χ4v) is 2.03. The average Bonchev–Trinajstić information content (AvgIpc) is 2.42. The molecule has 0 bridgehead atoms. The van der Waals surface area contributed by atoms with Crippen molar-refractivity contribution in [1.82, 2.24) is 0 Å².